The number of amides is 2. The third kappa shape index (κ3) is 6.46. The van der Waals surface area contributed by atoms with Crippen molar-refractivity contribution in [1.82, 2.24) is 20.2 Å². The van der Waals surface area contributed by atoms with Crippen LogP contribution < -0.4 is 27.8 Å². The first kappa shape index (κ1) is 21.0. The molecular formula is C16H26N10O2. The molecule has 0 bridgehead atoms. The van der Waals surface area contributed by atoms with Gasteiger partial charge in [-0.15, -0.1) is 0 Å². The van der Waals surface area contributed by atoms with Crippen LogP contribution in [0.25, 0.3) is 0 Å². The van der Waals surface area contributed by atoms with E-state index in [9.17, 15) is 9.59 Å². The van der Waals surface area contributed by atoms with Crippen LogP contribution in [0.5, 0.6) is 0 Å². The van der Waals surface area contributed by atoms with Gasteiger partial charge in [0.05, 0.1) is 6.54 Å². The summed E-state index contributed by atoms with van der Waals surface area (Å²) in [4.78, 5) is 42.3. The van der Waals surface area contributed by atoms with Crippen LogP contribution in [0.1, 0.15) is 19.3 Å². The number of carbonyl (C=O) groups excluding carboxylic acids is 2. The zero-order valence-corrected chi connectivity index (χ0v) is 15.7. The summed E-state index contributed by atoms with van der Waals surface area (Å²) in [6.07, 6.45) is 4.51. The van der Waals surface area contributed by atoms with E-state index in [1.165, 1.54) is 4.90 Å². The average Bonchev–Trinajstić information content (AvgIpc) is 2.65. The van der Waals surface area contributed by atoms with E-state index in [4.69, 9.17) is 17.2 Å². The first-order valence-corrected chi connectivity index (χ1v) is 8.82. The van der Waals surface area contributed by atoms with Gasteiger partial charge < -0.3 is 22.1 Å². The molecule has 2 atom stereocenters. The maximum absolute atomic E-state index is 12.4. The highest BCUT2D eigenvalue weighted by atomic mass is 16.2. The van der Waals surface area contributed by atoms with E-state index >= 15 is 0 Å². The molecule has 0 aliphatic carbocycles. The quantitative estimate of drug-likeness (QED) is 0.191. The Morgan fingerprint density at radius 1 is 1.43 bits per heavy atom. The van der Waals surface area contributed by atoms with Crippen LogP contribution in [-0.4, -0.2) is 70.8 Å². The van der Waals surface area contributed by atoms with Gasteiger partial charge in [0.15, 0.2) is 5.96 Å². The minimum absolute atomic E-state index is 0.0286. The Hall–Kier alpha value is -3.28. The molecule has 1 aliphatic heterocycles. The highest BCUT2D eigenvalue weighted by Gasteiger charge is 2.31. The van der Waals surface area contributed by atoms with Crippen molar-refractivity contribution in [3.05, 3.63) is 18.5 Å². The molecule has 1 unspecified atom stereocenters. The lowest BCUT2D eigenvalue weighted by Gasteiger charge is -2.30. The molecule has 12 heteroatoms. The molecule has 1 aromatic rings. The van der Waals surface area contributed by atoms with Crippen LogP contribution in [0.15, 0.2) is 28.4 Å². The number of likely N-dealkylation sites (N-methyl/N-ethyl adjacent to an activating group) is 1. The predicted octanol–water partition coefficient (Wildman–Crippen LogP) is -2.03. The van der Waals surface area contributed by atoms with Crippen molar-refractivity contribution in [2.75, 3.05) is 25.5 Å². The normalized spacial score (nSPS) is 17.1. The predicted molar refractivity (Wildman–Crippen MR) is 105 cm³/mol. The van der Waals surface area contributed by atoms with E-state index in [-0.39, 0.29) is 42.7 Å². The number of carbonyl (C=O) groups is 2. The Kier molecular flexibility index (Phi) is 7.63. The summed E-state index contributed by atoms with van der Waals surface area (Å²) < 4.78 is 0. The Labute approximate surface area is 162 Å². The van der Waals surface area contributed by atoms with Crippen LogP contribution in [-0.2, 0) is 9.59 Å². The van der Waals surface area contributed by atoms with E-state index in [0.717, 1.165) is 0 Å². The summed E-state index contributed by atoms with van der Waals surface area (Å²) in [7, 11) is 1.56. The van der Waals surface area contributed by atoms with Crippen molar-refractivity contribution in [2.24, 2.45) is 27.2 Å². The summed E-state index contributed by atoms with van der Waals surface area (Å²) in [5.41, 5.74) is 16.5. The number of aromatic nitrogens is 2. The Bertz CT molecular complexity index is 732. The van der Waals surface area contributed by atoms with Crippen molar-refractivity contribution >= 4 is 29.7 Å². The number of anilines is 1. The molecule has 0 fully saturated rings. The van der Waals surface area contributed by atoms with Gasteiger partial charge in [-0.1, -0.05) is 0 Å². The van der Waals surface area contributed by atoms with E-state index in [1.807, 2.05) is 0 Å². The molecular weight excluding hydrogens is 364 g/mol. The molecule has 2 heterocycles. The zero-order valence-electron chi connectivity index (χ0n) is 15.7. The van der Waals surface area contributed by atoms with Gasteiger partial charge in [0.2, 0.25) is 17.8 Å². The largest absolute Gasteiger partial charge is 0.370 e. The number of rotatable bonds is 8. The molecule has 0 saturated carbocycles. The lowest BCUT2D eigenvalue weighted by atomic mass is 10.1. The number of hydrogen-bond acceptors (Lipinski definition) is 8. The van der Waals surface area contributed by atoms with Gasteiger partial charge in [0.1, 0.15) is 6.04 Å². The molecule has 152 valence electrons. The van der Waals surface area contributed by atoms with Gasteiger partial charge in [-0.25, -0.2) is 15.0 Å². The summed E-state index contributed by atoms with van der Waals surface area (Å²) >= 11 is 0. The maximum Gasteiger partial charge on any atom is 0.251 e. The minimum atomic E-state index is -0.705. The molecule has 8 N–H and O–H groups in total. The van der Waals surface area contributed by atoms with E-state index in [0.29, 0.717) is 25.3 Å². The maximum atomic E-state index is 12.4. The van der Waals surface area contributed by atoms with Crippen molar-refractivity contribution in [1.29, 1.82) is 0 Å². The van der Waals surface area contributed by atoms with Crippen LogP contribution in [0.3, 0.4) is 0 Å². The average molecular weight is 390 g/mol. The fraction of sp³-hybridized carbons (Fsp3) is 0.500. The van der Waals surface area contributed by atoms with E-state index < -0.39 is 6.04 Å². The zero-order chi connectivity index (χ0) is 20.5. The van der Waals surface area contributed by atoms with Crippen molar-refractivity contribution < 1.29 is 9.59 Å². The van der Waals surface area contributed by atoms with Gasteiger partial charge in [0, 0.05) is 38.4 Å². The Morgan fingerprint density at radius 3 is 2.79 bits per heavy atom. The Morgan fingerprint density at radius 2 is 2.14 bits per heavy atom. The third-order valence-electron chi connectivity index (χ3n) is 4.09. The highest BCUT2D eigenvalue weighted by Crippen LogP contribution is 2.09. The molecule has 1 aromatic heterocycles. The summed E-state index contributed by atoms with van der Waals surface area (Å²) in [5.74, 6) is 0.0138. The molecule has 2 rings (SSSR count). The van der Waals surface area contributed by atoms with Crippen molar-refractivity contribution in [3.63, 3.8) is 0 Å². The molecule has 0 saturated heterocycles. The fourth-order valence-electron chi connectivity index (χ4n) is 2.54. The lowest BCUT2D eigenvalue weighted by Crippen LogP contribution is -2.55. The van der Waals surface area contributed by atoms with Gasteiger partial charge in [-0.05, 0) is 18.9 Å². The molecule has 2 amide bonds. The second kappa shape index (κ2) is 10.2. The summed E-state index contributed by atoms with van der Waals surface area (Å²) in [5, 5.41) is 5.43. The monoisotopic (exact) mass is 390 g/mol. The second-order valence-electron chi connectivity index (χ2n) is 6.31. The molecule has 0 aromatic carbocycles. The van der Waals surface area contributed by atoms with Gasteiger partial charge in [-0.2, -0.15) is 0 Å². The third-order valence-corrected chi connectivity index (χ3v) is 4.09. The second-order valence-corrected chi connectivity index (χ2v) is 6.31. The topological polar surface area (TPSA) is 190 Å². The van der Waals surface area contributed by atoms with Crippen LogP contribution in [0, 0.1) is 0 Å². The summed E-state index contributed by atoms with van der Waals surface area (Å²) in [6, 6.07) is 0.629. The van der Waals surface area contributed by atoms with Gasteiger partial charge in [-0.3, -0.25) is 25.2 Å². The summed E-state index contributed by atoms with van der Waals surface area (Å²) in [6.45, 7) is 0.587. The van der Waals surface area contributed by atoms with Crippen LogP contribution >= 0.6 is 0 Å². The number of hydrogen-bond donors (Lipinski definition) is 5. The minimum Gasteiger partial charge on any atom is -0.370 e. The van der Waals surface area contributed by atoms with Gasteiger partial charge in [0.25, 0.3) is 5.91 Å². The van der Waals surface area contributed by atoms with Crippen molar-refractivity contribution in [3.8, 4) is 0 Å². The smallest absolute Gasteiger partial charge is 0.251 e. The molecule has 0 spiro atoms. The number of nitrogens with one attached hydrogen (secondary N) is 2. The first-order valence-electron chi connectivity index (χ1n) is 8.82. The first-order chi connectivity index (χ1) is 13.4. The van der Waals surface area contributed by atoms with Crippen LogP contribution in [0.2, 0.25) is 0 Å². The van der Waals surface area contributed by atoms with E-state index in [1.54, 1.807) is 25.5 Å². The number of guanidine groups is 2. The standard InChI is InChI=1S/C16H26N10O2/c1-26(12(27)8-10(17)4-2-5-20-14(18)19)11-9-23-16(24-13(11)28)25-15-21-6-3-7-22-15/h3,6-7,10-11H,2,4-5,8-9,17H2,1H3,(H4,18,19,20)(H2,21,22,23,24,25,28)/t10-,11?/m0/s1. The number of nitrogens with two attached hydrogens (primary N) is 3. The molecule has 12 nitrogen and oxygen atoms in total. The van der Waals surface area contributed by atoms with E-state index in [2.05, 4.69) is 30.6 Å². The molecule has 1 aliphatic rings. The lowest BCUT2D eigenvalue weighted by molar-refractivity contribution is -0.138. The Balaban J connectivity index is 1.83. The molecule has 28 heavy (non-hydrogen) atoms. The number of nitrogens with zero attached hydrogens (tertiary/aromatic N) is 5. The van der Waals surface area contributed by atoms with Crippen LogP contribution in [0.4, 0.5) is 5.95 Å². The fourth-order valence-corrected chi connectivity index (χ4v) is 2.54. The SMILES string of the molecule is CN(C(=O)C[C@@H](N)CCCN=C(N)N)C1CN=C(Nc2ncccn2)NC1=O. The highest BCUT2D eigenvalue weighted by molar-refractivity contribution is 6.07. The van der Waals surface area contributed by atoms with Gasteiger partial charge >= 0.3 is 0 Å². The molecule has 0 radical (unpaired) electrons. The number of aliphatic imine (C=N–C) groups is 2. The van der Waals surface area contributed by atoms with Crippen molar-refractivity contribution in [2.45, 2.75) is 31.3 Å².